The molecule has 3 aliphatic rings. The Morgan fingerprint density at radius 3 is 2.66 bits per heavy atom. The number of hydrogen-bond acceptors (Lipinski definition) is 5. The molecule has 2 aromatic rings. The number of carbonyl (C=O) groups excluding carboxylic acids is 1. The normalized spacial score (nSPS) is 21.2. The van der Waals surface area contributed by atoms with Crippen molar-refractivity contribution in [1.29, 1.82) is 0 Å². The van der Waals surface area contributed by atoms with Crippen molar-refractivity contribution < 1.29 is 14.6 Å². The van der Waals surface area contributed by atoms with Crippen LogP contribution < -0.4 is 9.64 Å². The second kappa shape index (κ2) is 8.42. The summed E-state index contributed by atoms with van der Waals surface area (Å²) in [7, 11) is 1.67. The van der Waals surface area contributed by atoms with E-state index in [0.29, 0.717) is 27.7 Å². The maximum absolute atomic E-state index is 13.3. The molecule has 2 aromatic carbocycles. The Balaban J connectivity index is 1.60. The van der Waals surface area contributed by atoms with Crippen LogP contribution in [0, 0.1) is 5.92 Å². The largest absolute Gasteiger partial charge is 0.506 e. The molecular weight excluding hydrogens is 460 g/mol. The predicted octanol–water partition coefficient (Wildman–Crippen LogP) is 6.94. The van der Waals surface area contributed by atoms with Gasteiger partial charge in [-0.25, -0.2) is 0 Å². The zero-order chi connectivity index (χ0) is 25.1. The van der Waals surface area contributed by atoms with Crippen LogP contribution in [0.25, 0.3) is 5.57 Å². The lowest BCUT2D eigenvalue weighted by molar-refractivity contribution is -0.113. The van der Waals surface area contributed by atoms with Crippen LogP contribution >= 0.6 is 11.6 Å². The first kappa shape index (κ1) is 23.4. The molecule has 180 valence electrons. The van der Waals surface area contributed by atoms with Crippen molar-refractivity contribution in [2.75, 3.05) is 18.6 Å². The summed E-state index contributed by atoms with van der Waals surface area (Å²) in [6, 6.07) is 11.5. The first-order valence-electron chi connectivity index (χ1n) is 11.9. The number of aliphatic imine (C=N–C) groups is 1. The average Bonchev–Trinajstić information content (AvgIpc) is 3.31. The number of nitrogens with zero attached hydrogens (tertiary/aromatic N) is 2. The van der Waals surface area contributed by atoms with E-state index in [9.17, 15) is 9.90 Å². The Morgan fingerprint density at radius 2 is 1.97 bits per heavy atom. The summed E-state index contributed by atoms with van der Waals surface area (Å²) in [5.74, 6) is 1.15. The van der Waals surface area contributed by atoms with Gasteiger partial charge in [-0.05, 0) is 60.4 Å². The number of rotatable bonds is 5. The molecule has 6 heteroatoms. The van der Waals surface area contributed by atoms with E-state index in [0.717, 1.165) is 46.9 Å². The molecule has 0 aromatic heterocycles. The summed E-state index contributed by atoms with van der Waals surface area (Å²) in [6.07, 6.45) is 4.49. The van der Waals surface area contributed by atoms with E-state index in [1.807, 2.05) is 18.2 Å². The molecule has 0 fully saturated rings. The Labute approximate surface area is 211 Å². The molecule has 0 bridgehead atoms. The minimum absolute atomic E-state index is 0.00456. The van der Waals surface area contributed by atoms with Gasteiger partial charge in [0.15, 0.2) is 0 Å². The fraction of sp³-hybridized carbons (Fsp3) is 0.310. The molecule has 2 aliphatic heterocycles. The second-order valence-corrected chi connectivity index (χ2v) is 10.6. The summed E-state index contributed by atoms with van der Waals surface area (Å²) in [5, 5.41) is 11.6. The molecule has 0 atom stereocenters. The van der Waals surface area contributed by atoms with E-state index in [1.54, 1.807) is 25.5 Å². The standard InChI is InChI=1S/C29H29ClN2O3/c1-16(2)10-11-32-24-9-7-18(35-5)13-22(24)29(3,4)25(32)14-20-27(33)26(28(20)34)21-15-31-23-8-6-17(30)12-19(21)23/h6-9,12-16,33H,10-11H2,1-5H3. The molecule has 0 radical (unpaired) electrons. The molecule has 0 saturated heterocycles. The van der Waals surface area contributed by atoms with Crippen molar-refractivity contribution in [3.63, 3.8) is 0 Å². The van der Waals surface area contributed by atoms with Crippen LogP contribution in [0.2, 0.25) is 5.02 Å². The van der Waals surface area contributed by atoms with E-state index in [2.05, 4.69) is 49.7 Å². The number of Topliss-reactive ketones (excluding diaryl/α,β-unsaturated/α-hetero) is 1. The molecule has 0 saturated carbocycles. The monoisotopic (exact) mass is 488 g/mol. The maximum atomic E-state index is 13.3. The molecule has 1 N–H and O–H groups in total. The third-order valence-electron chi connectivity index (χ3n) is 7.12. The van der Waals surface area contributed by atoms with Gasteiger partial charge in [0, 0.05) is 45.7 Å². The number of methoxy groups -OCH3 is 1. The number of halogens is 1. The number of ether oxygens (including phenoxy) is 1. The summed E-state index contributed by atoms with van der Waals surface area (Å²) >= 11 is 6.17. The highest BCUT2D eigenvalue weighted by molar-refractivity contribution is 6.34. The number of anilines is 1. The lowest BCUT2D eigenvalue weighted by atomic mass is 9.79. The first-order valence-corrected chi connectivity index (χ1v) is 12.3. The van der Waals surface area contributed by atoms with Crippen molar-refractivity contribution in [3.05, 3.63) is 81.2 Å². The summed E-state index contributed by atoms with van der Waals surface area (Å²) in [6.45, 7) is 9.52. The highest BCUT2D eigenvalue weighted by atomic mass is 35.5. The lowest BCUT2D eigenvalue weighted by Gasteiger charge is -2.30. The summed E-state index contributed by atoms with van der Waals surface area (Å²) < 4.78 is 5.49. The molecule has 2 heterocycles. The number of aliphatic hydroxyl groups excluding tert-OH is 1. The molecule has 0 unspecified atom stereocenters. The van der Waals surface area contributed by atoms with E-state index in [-0.39, 0.29) is 17.0 Å². The van der Waals surface area contributed by atoms with Crippen LogP contribution in [0.15, 0.2) is 70.1 Å². The Hall–Kier alpha value is -3.31. The van der Waals surface area contributed by atoms with Crippen LogP contribution in [0.5, 0.6) is 5.75 Å². The number of benzene rings is 2. The Morgan fingerprint density at radius 1 is 1.20 bits per heavy atom. The summed E-state index contributed by atoms with van der Waals surface area (Å²) in [4.78, 5) is 20.0. The predicted molar refractivity (Wildman–Crippen MR) is 142 cm³/mol. The van der Waals surface area contributed by atoms with Gasteiger partial charge in [0.1, 0.15) is 11.5 Å². The molecule has 5 rings (SSSR count). The smallest absolute Gasteiger partial charge is 0.201 e. The van der Waals surface area contributed by atoms with Crippen LogP contribution in [0.4, 0.5) is 11.4 Å². The van der Waals surface area contributed by atoms with Crippen molar-refractivity contribution in [2.45, 2.75) is 39.5 Å². The Bertz CT molecular complexity index is 1380. The molecule has 0 spiro atoms. The number of fused-ring (bicyclic) bond motifs is 2. The van der Waals surface area contributed by atoms with Crippen LogP contribution in [-0.4, -0.2) is 30.8 Å². The number of aliphatic hydroxyl groups is 1. The number of allylic oxidation sites excluding steroid dienone is 5. The van der Waals surface area contributed by atoms with Gasteiger partial charge in [0.25, 0.3) is 0 Å². The lowest BCUT2D eigenvalue weighted by Crippen LogP contribution is -2.30. The second-order valence-electron chi connectivity index (χ2n) is 10.2. The third-order valence-corrected chi connectivity index (χ3v) is 7.36. The molecule has 0 amide bonds. The van der Waals surface area contributed by atoms with E-state index in [4.69, 9.17) is 16.3 Å². The van der Waals surface area contributed by atoms with Gasteiger partial charge in [-0.15, -0.1) is 0 Å². The van der Waals surface area contributed by atoms with Gasteiger partial charge in [-0.1, -0.05) is 39.3 Å². The van der Waals surface area contributed by atoms with Crippen LogP contribution in [0.3, 0.4) is 0 Å². The summed E-state index contributed by atoms with van der Waals surface area (Å²) in [5.41, 5.74) is 5.62. The third kappa shape index (κ3) is 3.69. The van der Waals surface area contributed by atoms with Crippen LogP contribution in [0.1, 0.15) is 45.2 Å². The maximum Gasteiger partial charge on any atom is 0.201 e. The molecule has 5 nitrogen and oxygen atoms in total. The van der Waals surface area contributed by atoms with Gasteiger partial charge in [0.05, 0.1) is 23.9 Å². The minimum Gasteiger partial charge on any atom is -0.506 e. The fourth-order valence-electron chi connectivity index (χ4n) is 5.05. The number of hydrogen-bond donors (Lipinski definition) is 1. The topological polar surface area (TPSA) is 62.1 Å². The minimum atomic E-state index is -0.369. The van der Waals surface area contributed by atoms with E-state index in [1.165, 1.54) is 0 Å². The highest BCUT2D eigenvalue weighted by Crippen LogP contribution is 2.50. The zero-order valence-corrected chi connectivity index (χ0v) is 21.4. The number of carbonyl (C=O) groups is 1. The fourth-order valence-corrected chi connectivity index (χ4v) is 5.22. The number of ketones is 1. The van der Waals surface area contributed by atoms with Crippen molar-refractivity contribution in [1.82, 2.24) is 0 Å². The van der Waals surface area contributed by atoms with Gasteiger partial charge < -0.3 is 14.7 Å². The van der Waals surface area contributed by atoms with Crippen molar-refractivity contribution in [3.8, 4) is 5.75 Å². The molecule has 35 heavy (non-hydrogen) atoms. The van der Waals surface area contributed by atoms with E-state index >= 15 is 0 Å². The SMILES string of the molecule is COc1ccc2c(c1)C(C)(C)C(=CC1=C(O)C(=C3C=Nc4ccc(Cl)cc43)C1=O)N2CCC(C)C. The molecular formula is C29H29ClN2O3. The first-order chi connectivity index (χ1) is 16.6. The zero-order valence-electron chi connectivity index (χ0n) is 20.6. The van der Waals surface area contributed by atoms with E-state index < -0.39 is 0 Å². The molecule has 1 aliphatic carbocycles. The van der Waals surface area contributed by atoms with Crippen molar-refractivity contribution in [2.24, 2.45) is 10.9 Å². The van der Waals surface area contributed by atoms with Gasteiger partial charge in [-0.3, -0.25) is 9.79 Å². The average molecular weight is 489 g/mol. The highest BCUT2D eigenvalue weighted by Gasteiger charge is 2.43. The van der Waals surface area contributed by atoms with Gasteiger partial charge in [0.2, 0.25) is 5.78 Å². The van der Waals surface area contributed by atoms with Crippen molar-refractivity contribution >= 4 is 40.5 Å². The van der Waals surface area contributed by atoms with Gasteiger partial charge >= 0.3 is 0 Å². The quantitative estimate of drug-likeness (QED) is 0.463. The van der Waals surface area contributed by atoms with Gasteiger partial charge in [-0.2, -0.15) is 0 Å². The van der Waals surface area contributed by atoms with Crippen LogP contribution in [-0.2, 0) is 10.2 Å². The Kier molecular flexibility index (Phi) is 5.64.